The summed E-state index contributed by atoms with van der Waals surface area (Å²) in [6.07, 6.45) is 7.21. The zero-order valence-electron chi connectivity index (χ0n) is 12.9. The topological polar surface area (TPSA) is 80.3 Å². The predicted octanol–water partition coefficient (Wildman–Crippen LogP) is 1.03. The summed E-state index contributed by atoms with van der Waals surface area (Å²) in [7, 11) is 0. The van der Waals surface area contributed by atoms with E-state index in [-0.39, 0.29) is 35.9 Å². The van der Waals surface area contributed by atoms with Gasteiger partial charge < -0.3 is 19.8 Å². The summed E-state index contributed by atoms with van der Waals surface area (Å²) in [5.41, 5.74) is -1.79. The zero-order chi connectivity index (χ0) is 14.7. The van der Waals surface area contributed by atoms with E-state index in [1.807, 2.05) is 0 Å². The molecule has 0 atom stereocenters. The van der Waals surface area contributed by atoms with E-state index in [9.17, 15) is 19.8 Å². The molecular weight excluding hydrogens is 268 g/mol. The number of carboxylic acids is 2. The first-order valence-corrected chi connectivity index (χ1v) is 7.44. The Bertz CT molecular complexity index is 251. The minimum atomic E-state index is -1.79. The Morgan fingerprint density at radius 1 is 0.750 bits per heavy atom. The Kier molecular flexibility index (Phi) is 13.7. The number of carboxylic acid groups (broad SMARTS) is 2. The molecule has 0 aliphatic heterocycles. The monoisotopic (exact) mass is 294 g/mol. The van der Waals surface area contributed by atoms with Crippen LogP contribution in [0.15, 0.2) is 0 Å². The van der Waals surface area contributed by atoms with Crippen LogP contribution in [0.1, 0.15) is 78.1 Å². The average Bonchev–Trinajstić information content (AvgIpc) is 2.36. The number of rotatable bonds is 12. The number of unbranched alkanes of at least 4 members (excludes halogenated alkanes) is 6. The number of aliphatic carboxylic acids is 2. The van der Waals surface area contributed by atoms with Crippen molar-refractivity contribution in [1.82, 2.24) is 0 Å². The molecule has 0 fully saturated rings. The minimum Gasteiger partial charge on any atom is -0.549 e. The van der Waals surface area contributed by atoms with Crippen LogP contribution in [0.3, 0.4) is 0 Å². The second-order valence-electron chi connectivity index (χ2n) is 5.28. The maximum absolute atomic E-state index is 11.3. The van der Waals surface area contributed by atoms with E-state index in [0.717, 1.165) is 38.5 Å². The van der Waals surface area contributed by atoms with Gasteiger partial charge in [-0.15, -0.1) is 0 Å². The van der Waals surface area contributed by atoms with Crippen LogP contribution in [0, 0.1) is 5.41 Å². The van der Waals surface area contributed by atoms with Crippen LogP contribution in [0.25, 0.3) is 0 Å². The second kappa shape index (κ2) is 12.4. The summed E-state index contributed by atoms with van der Waals surface area (Å²) in [6.45, 7) is 4.10. The van der Waals surface area contributed by atoms with E-state index in [1.54, 1.807) is 0 Å². The van der Waals surface area contributed by atoms with Crippen LogP contribution in [0.4, 0.5) is 0 Å². The molecule has 0 N–H and O–H groups in total. The molecule has 0 rings (SSSR count). The van der Waals surface area contributed by atoms with Crippen molar-refractivity contribution in [2.75, 3.05) is 0 Å². The molecule has 112 valence electrons. The number of hydrogen-bond acceptors (Lipinski definition) is 4. The molecule has 0 amide bonds. The van der Waals surface area contributed by atoms with Gasteiger partial charge in [0.2, 0.25) is 0 Å². The third-order valence-corrected chi connectivity index (χ3v) is 3.70. The van der Waals surface area contributed by atoms with Gasteiger partial charge in [-0.3, -0.25) is 0 Å². The molecule has 5 heteroatoms. The van der Waals surface area contributed by atoms with E-state index >= 15 is 0 Å². The van der Waals surface area contributed by atoms with Crippen molar-refractivity contribution in [3.63, 3.8) is 0 Å². The fourth-order valence-electron chi connectivity index (χ4n) is 2.32. The van der Waals surface area contributed by atoms with E-state index in [2.05, 4.69) is 13.8 Å². The molecule has 0 unspecified atom stereocenters. The molecule has 0 aromatic heterocycles. The van der Waals surface area contributed by atoms with Gasteiger partial charge in [0.25, 0.3) is 0 Å². The standard InChI is InChI=1S/C15H28O4.Mg/c1-3-5-7-9-11-15(13(16)17,14(18)19)12-10-8-6-4-2;/h3-12H2,1-2H3,(H,16,17)(H,18,19);/q;+2/p-2. The van der Waals surface area contributed by atoms with Crippen LogP contribution in [-0.2, 0) is 9.59 Å². The van der Waals surface area contributed by atoms with Gasteiger partial charge in [-0.25, -0.2) is 0 Å². The summed E-state index contributed by atoms with van der Waals surface area (Å²) in [4.78, 5) is 22.5. The molecule has 0 spiro atoms. The molecule has 0 bridgehead atoms. The Hall–Kier alpha value is -0.294. The summed E-state index contributed by atoms with van der Waals surface area (Å²) in [5, 5.41) is 22.5. The molecule has 0 aliphatic rings. The van der Waals surface area contributed by atoms with Gasteiger partial charge in [0, 0.05) is 5.41 Å². The smallest absolute Gasteiger partial charge is 0.549 e. The maximum atomic E-state index is 11.3. The van der Waals surface area contributed by atoms with Crippen LogP contribution >= 0.6 is 0 Å². The quantitative estimate of drug-likeness (QED) is 0.306. The van der Waals surface area contributed by atoms with Gasteiger partial charge in [0.05, 0.1) is 11.9 Å². The molecule has 0 saturated carbocycles. The Morgan fingerprint density at radius 3 is 1.35 bits per heavy atom. The van der Waals surface area contributed by atoms with Gasteiger partial charge in [0.1, 0.15) is 0 Å². The molecule has 0 saturated heterocycles. The fraction of sp³-hybridized carbons (Fsp3) is 0.867. The van der Waals surface area contributed by atoms with Crippen LogP contribution in [-0.4, -0.2) is 35.0 Å². The van der Waals surface area contributed by atoms with E-state index in [0.29, 0.717) is 12.8 Å². The summed E-state index contributed by atoms with van der Waals surface area (Å²) in [5.74, 6) is -2.97. The second-order valence-corrected chi connectivity index (χ2v) is 5.28. The van der Waals surface area contributed by atoms with Gasteiger partial charge in [-0.05, 0) is 12.8 Å². The van der Waals surface area contributed by atoms with Gasteiger partial charge in [0.15, 0.2) is 0 Å². The van der Waals surface area contributed by atoms with Crippen molar-refractivity contribution < 1.29 is 19.8 Å². The van der Waals surface area contributed by atoms with Crippen molar-refractivity contribution in [2.24, 2.45) is 5.41 Å². The molecule has 4 nitrogen and oxygen atoms in total. The predicted molar refractivity (Wildman–Crippen MR) is 75.7 cm³/mol. The minimum absolute atomic E-state index is 0. The summed E-state index contributed by atoms with van der Waals surface area (Å²) in [6, 6.07) is 0. The van der Waals surface area contributed by atoms with Crippen molar-refractivity contribution in [1.29, 1.82) is 0 Å². The third-order valence-electron chi connectivity index (χ3n) is 3.70. The van der Waals surface area contributed by atoms with Gasteiger partial charge >= 0.3 is 23.1 Å². The van der Waals surface area contributed by atoms with Gasteiger partial charge in [-0.2, -0.15) is 0 Å². The molecule has 0 aromatic rings. The van der Waals surface area contributed by atoms with E-state index in [4.69, 9.17) is 0 Å². The Morgan fingerprint density at radius 2 is 1.10 bits per heavy atom. The molecule has 0 aromatic carbocycles. The summed E-state index contributed by atoms with van der Waals surface area (Å²) >= 11 is 0. The van der Waals surface area contributed by atoms with Crippen LogP contribution in [0.5, 0.6) is 0 Å². The number of carbonyl (C=O) groups excluding carboxylic acids is 2. The number of hydrogen-bond donors (Lipinski definition) is 0. The first kappa shape index (κ1) is 22.0. The summed E-state index contributed by atoms with van der Waals surface area (Å²) < 4.78 is 0. The first-order chi connectivity index (χ1) is 9.01. The molecule has 0 heterocycles. The van der Waals surface area contributed by atoms with Crippen molar-refractivity contribution in [3.8, 4) is 0 Å². The van der Waals surface area contributed by atoms with Crippen molar-refractivity contribution in [2.45, 2.75) is 78.1 Å². The van der Waals surface area contributed by atoms with Crippen LogP contribution < -0.4 is 10.2 Å². The SMILES string of the molecule is CCCCCCC(CCCCCC)(C(=O)[O-])C(=O)[O-].[Mg+2]. The Labute approximate surface area is 138 Å². The molecule has 0 radical (unpaired) electrons. The first-order valence-electron chi connectivity index (χ1n) is 7.44. The fourth-order valence-corrected chi connectivity index (χ4v) is 2.32. The molecule has 20 heavy (non-hydrogen) atoms. The van der Waals surface area contributed by atoms with Gasteiger partial charge in [-0.1, -0.05) is 65.2 Å². The van der Waals surface area contributed by atoms with Crippen LogP contribution in [0.2, 0.25) is 0 Å². The molecular formula is C15H26MgO4. The third kappa shape index (κ3) is 7.48. The zero-order valence-corrected chi connectivity index (χ0v) is 14.3. The van der Waals surface area contributed by atoms with E-state index < -0.39 is 17.4 Å². The largest absolute Gasteiger partial charge is 2.00 e. The van der Waals surface area contributed by atoms with Crippen molar-refractivity contribution in [3.05, 3.63) is 0 Å². The Balaban J connectivity index is 0. The van der Waals surface area contributed by atoms with Crippen molar-refractivity contribution >= 4 is 35.0 Å². The average molecular weight is 295 g/mol. The number of carbonyl (C=O) groups is 2. The normalized spacial score (nSPS) is 10.9. The van der Waals surface area contributed by atoms with E-state index in [1.165, 1.54) is 0 Å². The maximum Gasteiger partial charge on any atom is 2.00 e. The molecule has 0 aliphatic carbocycles.